The molecule has 1 saturated heterocycles. The van der Waals surface area contributed by atoms with Crippen molar-refractivity contribution in [1.82, 2.24) is 9.80 Å². The zero-order valence-corrected chi connectivity index (χ0v) is 15.0. The first kappa shape index (κ1) is 19.6. The summed E-state index contributed by atoms with van der Waals surface area (Å²) in [5.41, 5.74) is 1.40. The van der Waals surface area contributed by atoms with Gasteiger partial charge in [-0.15, -0.1) is 0 Å². The summed E-state index contributed by atoms with van der Waals surface area (Å²) in [4.78, 5) is 23.3. The summed E-state index contributed by atoms with van der Waals surface area (Å²) in [5.74, 6) is -3.65. The van der Waals surface area contributed by atoms with Gasteiger partial charge in [-0.3, -0.25) is 9.80 Å². The van der Waals surface area contributed by atoms with Crippen molar-refractivity contribution < 1.29 is 19.8 Å². The normalized spacial score (nSPS) is 15.8. The van der Waals surface area contributed by atoms with Crippen LogP contribution in [0.25, 0.3) is 0 Å². The van der Waals surface area contributed by atoms with Crippen LogP contribution in [0.4, 0.5) is 0 Å². The molecule has 2 rings (SSSR count). The predicted molar refractivity (Wildman–Crippen MR) is 91.4 cm³/mol. The number of rotatable bonds is 3. The fourth-order valence-electron chi connectivity index (χ4n) is 2.33. The largest absolute Gasteiger partial charge is 0.473 e. The Balaban J connectivity index is 0.000000379. The molecule has 0 spiro atoms. The first-order valence-electron chi connectivity index (χ1n) is 7.46. The quantitative estimate of drug-likeness (QED) is 0.774. The highest BCUT2D eigenvalue weighted by Crippen LogP contribution is 2.15. The van der Waals surface area contributed by atoms with Gasteiger partial charge in [-0.25, -0.2) is 9.59 Å². The lowest BCUT2D eigenvalue weighted by Crippen LogP contribution is -2.48. The van der Waals surface area contributed by atoms with Gasteiger partial charge in [0.15, 0.2) is 0 Å². The van der Waals surface area contributed by atoms with E-state index in [4.69, 9.17) is 19.8 Å². The Labute approximate surface area is 144 Å². The molecule has 1 heterocycles. The Bertz CT molecular complexity index is 517. The minimum absolute atomic E-state index is 0.683. The van der Waals surface area contributed by atoms with Gasteiger partial charge in [0.2, 0.25) is 0 Å². The van der Waals surface area contributed by atoms with Crippen molar-refractivity contribution in [2.24, 2.45) is 0 Å². The molecule has 1 aromatic carbocycles. The van der Waals surface area contributed by atoms with Gasteiger partial charge in [-0.2, -0.15) is 0 Å². The Morgan fingerprint density at radius 3 is 2.13 bits per heavy atom. The van der Waals surface area contributed by atoms with Crippen molar-refractivity contribution in [3.63, 3.8) is 0 Å². The number of carboxylic acids is 2. The number of carboxylic acid groups (broad SMARTS) is 2. The number of hydrogen-bond donors (Lipinski definition) is 2. The van der Waals surface area contributed by atoms with Crippen LogP contribution in [0.15, 0.2) is 28.7 Å². The molecule has 0 saturated carbocycles. The summed E-state index contributed by atoms with van der Waals surface area (Å²) >= 11 is 3.53. The van der Waals surface area contributed by atoms with Crippen LogP contribution in [-0.2, 0) is 16.1 Å². The average Bonchev–Trinajstić information content (AvgIpc) is 2.48. The minimum Gasteiger partial charge on any atom is -0.473 e. The molecule has 0 aromatic heterocycles. The molecule has 0 aliphatic carbocycles. The Kier molecular flexibility index (Phi) is 8.22. The third-order valence-electron chi connectivity index (χ3n) is 3.62. The van der Waals surface area contributed by atoms with Gasteiger partial charge in [0.1, 0.15) is 0 Å². The molecule has 23 heavy (non-hydrogen) atoms. The zero-order valence-electron chi connectivity index (χ0n) is 13.4. The van der Waals surface area contributed by atoms with Crippen LogP contribution in [0.5, 0.6) is 0 Å². The Morgan fingerprint density at radius 2 is 1.70 bits per heavy atom. The van der Waals surface area contributed by atoms with Crippen LogP contribution in [-0.4, -0.2) is 64.2 Å². The van der Waals surface area contributed by atoms with Crippen LogP contribution in [0, 0.1) is 0 Å². The second-order valence-electron chi connectivity index (χ2n) is 5.65. The maximum absolute atomic E-state index is 9.10. The third kappa shape index (κ3) is 7.58. The molecule has 1 aliphatic rings. The van der Waals surface area contributed by atoms with E-state index in [9.17, 15) is 0 Å². The summed E-state index contributed by atoms with van der Waals surface area (Å²) in [6, 6.07) is 9.31. The van der Waals surface area contributed by atoms with Gasteiger partial charge in [0, 0.05) is 43.2 Å². The molecule has 128 valence electrons. The highest BCUT2D eigenvalue weighted by atomic mass is 79.9. The summed E-state index contributed by atoms with van der Waals surface area (Å²) in [7, 11) is 0. The molecular weight excluding hydrogens is 364 g/mol. The van der Waals surface area contributed by atoms with E-state index >= 15 is 0 Å². The number of aliphatic carboxylic acids is 2. The number of carbonyl (C=O) groups is 2. The third-order valence-corrected chi connectivity index (χ3v) is 4.11. The smallest absolute Gasteiger partial charge is 0.414 e. The van der Waals surface area contributed by atoms with Crippen molar-refractivity contribution in [2.45, 2.75) is 26.4 Å². The van der Waals surface area contributed by atoms with Gasteiger partial charge in [0.05, 0.1) is 0 Å². The predicted octanol–water partition coefficient (Wildman–Crippen LogP) is 2.13. The SMILES string of the molecule is CC(C)N1CCN(Cc2cccc(Br)c2)CC1.O=C(O)C(=O)O. The average molecular weight is 387 g/mol. The molecular formula is C16H23BrN2O4. The fourth-order valence-corrected chi connectivity index (χ4v) is 2.78. The number of benzene rings is 1. The van der Waals surface area contributed by atoms with Crippen LogP contribution in [0.2, 0.25) is 0 Å². The first-order valence-corrected chi connectivity index (χ1v) is 8.26. The molecule has 0 atom stereocenters. The topological polar surface area (TPSA) is 81.1 Å². The molecule has 7 heteroatoms. The molecule has 1 aromatic rings. The molecule has 1 aliphatic heterocycles. The van der Waals surface area contributed by atoms with Gasteiger partial charge in [0.25, 0.3) is 0 Å². The van der Waals surface area contributed by atoms with Crippen molar-refractivity contribution in [2.75, 3.05) is 26.2 Å². The highest BCUT2D eigenvalue weighted by Gasteiger charge is 2.18. The van der Waals surface area contributed by atoms with Crippen LogP contribution < -0.4 is 0 Å². The van der Waals surface area contributed by atoms with Gasteiger partial charge in [-0.05, 0) is 31.5 Å². The Morgan fingerprint density at radius 1 is 1.13 bits per heavy atom. The van der Waals surface area contributed by atoms with Crippen molar-refractivity contribution in [3.05, 3.63) is 34.3 Å². The molecule has 6 nitrogen and oxygen atoms in total. The fraction of sp³-hybridized carbons (Fsp3) is 0.500. The van der Waals surface area contributed by atoms with E-state index in [2.05, 4.69) is 63.8 Å². The monoisotopic (exact) mass is 386 g/mol. The molecule has 0 unspecified atom stereocenters. The van der Waals surface area contributed by atoms with E-state index in [-0.39, 0.29) is 0 Å². The highest BCUT2D eigenvalue weighted by molar-refractivity contribution is 9.10. The molecule has 0 radical (unpaired) electrons. The van der Waals surface area contributed by atoms with Crippen molar-refractivity contribution >= 4 is 27.9 Å². The van der Waals surface area contributed by atoms with Crippen LogP contribution >= 0.6 is 15.9 Å². The number of halogens is 1. The van der Waals surface area contributed by atoms with Gasteiger partial charge < -0.3 is 10.2 Å². The summed E-state index contributed by atoms with van der Waals surface area (Å²) in [5, 5.41) is 14.8. The molecule has 0 bridgehead atoms. The number of hydrogen-bond acceptors (Lipinski definition) is 4. The van der Waals surface area contributed by atoms with Gasteiger partial charge in [-0.1, -0.05) is 28.1 Å². The summed E-state index contributed by atoms with van der Waals surface area (Å²) in [6.45, 7) is 10.4. The lowest BCUT2D eigenvalue weighted by atomic mass is 10.2. The maximum atomic E-state index is 9.10. The molecule has 1 fully saturated rings. The van der Waals surface area contributed by atoms with Gasteiger partial charge >= 0.3 is 11.9 Å². The van der Waals surface area contributed by atoms with E-state index in [0.717, 1.165) is 6.54 Å². The summed E-state index contributed by atoms with van der Waals surface area (Å²) < 4.78 is 1.18. The van der Waals surface area contributed by atoms with Crippen molar-refractivity contribution in [1.29, 1.82) is 0 Å². The first-order chi connectivity index (χ1) is 10.8. The second kappa shape index (κ2) is 9.64. The van der Waals surface area contributed by atoms with E-state index in [1.165, 1.54) is 36.2 Å². The molecule has 2 N–H and O–H groups in total. The standard InChI is InChI=1S/C14H21BrN2.C2H2O4/c1-12(2)17-8-6-16(7-9-17)11-13-4-3-5-14(15)10-13;3-1(4)2(5)6/h3-5,10,12H,6-9,11H2,1-2H3;(H,3,4)(H,5,6). The minimum atomic E-state index is -1.82. The van der Waals surface area contributed by atoms with E-state index < -0.39 is 11.9 Å². The summed E-state index contributed by atoms with van der Waals surface area (Å²) in [6.07, 6.45) is 0. The lowest BCUT2D eigenvalue weighted by Gasteiger charge is -2.36. The van der Waals surface area contributed by atoms with Crippen molar-refractivity contribution in [3.8, 4) is 0 Å². The molecule has 0 amide bonds. The maximum Gasteiger partial charge on any atom is 0.414 e. The van der Waals surface area contributed by atoms with E-state index in [1.807, 2.05) is 0 Å². The number of nitrogens with zero attached hydrogens (tertiary/aromatic N) is 2. The number of piperazine rings is 1. The van der Waals surface area contributed by atoms with E-state index in [1.54, 1.807) is 0 Å². The Hall–Kier alpha value is -1.44. The van der Waals surface area contributed by atoms with Crippen LogP contribution in [0.1, 0.15) is 19.4 Å². The van der Waals surface area contributed by atoms with Crippen LogP contribution in [0.3, 0.4) is 0 Å². The lowest BCUT2D eigenvalue weighted by molar-refractivity contribution is -0.159. The van der Waals surface area contributed by atoms with E-state index in [0.29, 0.717) is 6.04 Å². The second-order valence-corrected chi connectivity index (χ2v) is 6.56. The zero-order chi connectivity index (χ0) is 17.4.